The molecule has 1 fully saturated rings. The smallest absolute Gasteiger partial charge is 0.296 e. The Kier molecular flexibility index (Phi) is 3.96. The van der Waals surface area contributed by atoms with Crippen LogP contribution in [-0.2, 0) is 9.59 Å². The summed E-state index contributed by atoms with van der Waals surface area (Å²) in [6.45, 7) is 2.61. The van der Waals surface area contributed by atoms with Crippen molar-refractivity contribution < 1.29 is 14.4 Å². The predicted octanol–water partition coefficient (Wildman–Crippen LogP) is -0.160. The Balaban J connectivity index is 2.53. The molecule has 0 spiro atoms. The quantitative estimate of drug-likeness (QED) is 0.385. The van der Waals surface area contributed by atoms with E-state index in [0.29, 0.717) is 6.54 Å². The van der Waals surface area contributed by atoms with Crippen LogP contribution in [0.3, 0.4) is 0 Å². The highest BCUT2D eigenvalue weighted by atomic mass is 16.2. The van der Waals surface area contributed by atoms with E-state index in [-0.39, 0.29) is 0 Å². The van der Waals surface area contributed by atoms with Gasteiger partial charge in [-0.05, 0) is 6.42 Å². The van der Waals surface area contributed by atoms with Crippen molar-refractivity contribution in [1.82, 2.24) is 10.6 Å². The Morgan fingerprint density at radius 1 is 1.27 bits per heavy atom. The van der Waals surface area contributed by atoms with Crippen LogP contribution >= 0.6 is 0 Å². The van der Waals surface area contributed by atoms with Crippen molar-refractivity contribution in [2.45, 2.75) is 19.8 Å². The highest BCUT2D eigenvalue weighted by molar-refractivity contribution is 6.23. The van der Waals surface area contributed by atoms with Crippen molar-refractivity contribution in [3.8, 4) is 0 Å². The maximum atomic E-state index is 11.2. The number of nitrogens with zero attached hydrogens (tertiary/aromatic N) is 1. The molecule has 0 aromatic carbocycles. The number of carbonyl (C=O) groups is 3. The molecule has 82 valence electrons. The van der Waals surface area contributed by atoms with Crippen LogP contribution in [0.25, 0.3) is 0 Å². The zero-order chi connectivity index (χ0) is 11.3. The van der Waals surface area contributed by atoms with E-state index in [1.807, 2.05) is 17.6 Å². The van der Waals surface area contributed by atoms with Crippen molar-refractivity contribution in [2.24, 2.45) is 10.9 Å². The van der Waals surface area contributed by atoms with Gasteiger partial charge in [0.05, 0.1) is 0 Å². The number of urea groups is 1. The molecule has 0 aromatic rings. The van der Waals surface area contributed by atoms with Gasteiger partial charge in [-0.3, -0.25) is 25.2 Å². The van der Waals surface area contributed by atoms with E-state index in [0.717, 1.165) is 12.8 Å². The maximum absolute atomic E-state index is 11.2. The summed E-state index contributed by atoms with van der Waals surface area (Å²) in [5.41, 5.74) is 0. The van der Waals surface area contributed by atoms with E-state index in [9.17, 15) is 14.4 Å². The molecule has 0 bridgehead atoms. The van der Waals surface area contributed by atoms with Crippen LogP contribution in [0, 0.1) is 5.92 Å². The standard InChI is InChI=1S/C9H13N3O3/c1-2-3-4-10-5-6-7(13)11-9(15)12-8(6)14/h5-6H,2-4H2,1H3,(H2,11,12,13,14,15). The predicted molar refractivity (Wildman–Crippen MR) is 53.4 cm³/mol. The van der Waals surface area contributed by atoms with E-state index < -0.39 is 23.8 Å². The van der Waals surface area contributed by atoms with Crippen molar-refractivity contribution in [1.29, 1.82) is 0 Å². The lowest BCUT2D eigenvalue weighted by atomic mass is 10.1. The molecular weight excluding hydrogens is 198 g/mol. The fourth-order valence-electron chi connectivity index (χ4n) is 1.09. The molecule has 0 radical (unpaired) electrons. The van der Waals surface area contributed by atoms with E-state index in [1.165, 1.54) is 6.21 Å². The largest absolute Gasteiger partial charge is 0.328 e. The van der Waals surface area contributed by atoms with Crippen LogP contribution in [0.5, 0.6) is 0 Å². The first kappa shape index (κ1) is 11.4. The number of hydrogen-bond acceptors (Lipinski definition) is 4. The second kappa shape index (κ2) is 5.23. The molecule has 1 saturated heterocycles. The topological polar surface area (TPSA) is 87.6 Å². The van der Waals surface area contributed by atoms with Crippen molar-refractivity contribution in [3.05, 3.63) is 0 Å². The van der Waals surface area contributed by atoms with Gasteiger partial charge in [0.15, 0.2) is 5.92 Å². The third-order valence-electron chi connectivity index (χ3n) is 1.93. The average Bonchev–Trinajstić information content (AvgIpc) is 2.15. The number of unbranched alkanes of at least 4 members (excludes halogenated alkanes) is 1. The Bertz CT molecular complexity index is 292. The molecule has 1 aliphatic rings. The minimum atomic E-state index is -0.987. The van der Waals surface area contributed by atoms with Crippen LogP contribution in [0.2, 0.25) is 0 Å². The van der Waals surface area contributed by atoms with E-state index in [2.05, 4.69) is 4.99 Å². The van der Waals surface area contributed by atoms with Crippen LogP contribution in [0.4, 0.5) is 4.79 Å². The van der Waals surface area contributed by atoms with Crippen molar-refractivity contribution in [2.75, 3.05) is 6.54 Å². The molecule has 1 aliphatic heterocycles. The number of rotatable bonds is 4. The number of nitrogens with one attached hydrogen (secondary N) is 2. The monoisotopic (exact) mass is 211 g/mol. The van der Waals surface area contributed by atoms with Gasteiger partial charge in [0, 0.05) is 12.8 Å². The van der Waals surface area contributed by atoms with Gasteiger partial charge in [-0.25, -0.2) is 4.79 Å². The summed E-state index contributed by atoms with van der Waals surface area (Å²) >= 11 is 0. The molecule has 0 aromatic heterocycles. The Morgan fingerprint density at radius 3 is 2.40 bits per heavy atom. The summed E-state index contributed by atoms with van der Waals surface area (Å²) in [6.07, 6.45) is 3.19. The van der Waals surface area contributed by atoms with E-state index >= 15 is 0 Å². The zero-order valence-corrected chi connectivity index (χ0v) is 8.45. The molecule has 0 aliphatic carbocycles. The van der Waals surface area contributed by atoms with Gasteiger partial charge < -0.3 is 0 Å². The van der Waals surface area contributed by atoms with Crippen LogP contribution in [0.15, 0.2) is 4.99 Å². The van der Waals surface area contributed by atoms with Crippen LogP contribution in [-0.4, -0.2) is 30.6 Å². The molecule has 2 N–H and O–H groups in total. The van der Waals surface area contributed by atoms with E-state index in [4.69, 9.17) is 0 Å². The number of amides is 4. The third kappa shape index (κ3) is 3.16. The zero-order valence-electron chi connectivity index (χ0n) is 8.45. The highest BCUT2D eigenvalue weighted by Crippen LogP contribution is 1.99. The molecule has 6 nitrogen and oxygen atoms in total. The van der Waals surface area contributed by atoms with Gasteiger partial charge >= 0.3 is 6.03 Å². The first-order valence-electron chi connectivity index (χ1n) is 4.80. The molecule has 1 rings (SSSR count). The number of carbonyl (C=O) groups excluding carboxylic acids is 3. The summed E-state index contributed by atoms with van der Waals surface area (Å²) in [4.78, 5) is 37.0. The molecule has 0 atom stereocenters. The summed E-state index contributed by atoms with van der Waals surface area (Å²) in [7, 11) is 0. The molecule has 0 unspecified atom stereocenters. The fraction of sp³-hybridized carbons (Fsp3) is 0.556. The Labute approximate surface area is 87.1 Å². The lowest BCUT2D eigenvalue weighted by Crippen LogP contribution is -2.56. The summed E-state index contributed by atoms with van der Waals surface area (Å²) in [5, 5.41) is 4.00. The molecule has 1 heterocycles. The SMILES string of the molecule is CCCCN=CC1C(=O)NC(=O)NC1=O. The minimum absolute atomic E-state index is 0.585. The molecular formula is C9H13N3O3. The Morgan fingerprint density at radius 2 is 1.87 bits per heavy atom. The van der Waals surface area contributed by atoms with Crippen LogP contribution < -0.4 is 10.6 Å². The molecule has 0 saturated carbocycles. The number of aliphatic imine (C=N–C) groups is 1. The average molecular weight is 211 g/mol. The summed E-state index contributed by atoms with van der Waals surface area (Å²) in [5.74, 6) is -2.23. The minimum Gasteiger partial charge on any atom is -0.296 e. The first-order valence-corrected chi connectivity index (χ1v) is 4.80. The van der Waals surface area contributed by atoms with Gasteiger partial charge in [-0.15, -0.1) is 0 Å². The fourth-order valence-corrected chi connectivity index (χ4v) is 1.09. The Hall–Kier alpha value is -1.72. The van der Waals surface area contributed by atoms with Gasteiger partial charge in [0.1, 0.15) is 0 Å². The lowest BCUT2D eigenvalue weighted by Gasteiger charge is -2.16. The maximum Gasteiger partial charge on any atom is 0.328 e. The van der Waals surface area contributed by atoms with Crippen molar-refractivity contribution >= 4 is 24.1 Å². The van der Waals surface area contributed by atoms with E-state index in [1.54, 1.807) is 0 Å². The third-order valence-corrected chi connectivity index (χ3v) is 1.93. The summed E-state index contributed by atoms with van der Waals surface area (Å²) < 4.78 is 0. The number of imide groups is 2. The van der Waals surface area contributed by atoms with Gasteiger partial charge in [-0.1, -0.05) is 13.3 Å². The number of barbiturate groups is 1. The normalized spacial score (nSPS) is 18.1. The second-order valence-electron chi connectivity index (χ2n) is 3.19. The molecule has 6 heteroatoms. The van der Waals surface area contributed by atoms with Crippen molar-refractivity contribution in [3.63, 3.8) is 0 Å². The summed E-state index contributed by atoms with van der Waals surface area (Å²) in [6, 6.07) is -0.775. The molecule has 4 amide bonds. The number of hydrogen-bond donors (Lipinski definition) is 2. The molecule has 15 heavy (non-hydrogen) atoms. The second-order valence-corrected chi connectivity index (χ2v) is 3.19. The van der Waals surface area contributed by atoms with Crippen LogP contribution in [0.1, 0.15) is 19.8 Å². The highest BCUT2D eigenvalue weighted by Gasteiger charge is 2.32. The van der Waals surface area contributed by atoms with Gasteiger partial charge in [0.25, 0.3) is 0 Å². The van der Waals surface area contributed by atoms with Gasteiger partial charge in [0.2, 0.25) is 11.8 Å². The lowest BCUT2D eigenvalue weighted by molar-refractivity contribution is -0.132. The first-order chi connectivity index (χ1) is 7.15. The van der Waals surface area contributed by atoms with Gasteiger partial charge in [-0.2, -0.15) is 0 Å².